The van der Waals surface area contributed by atoms with Gasteiger partial charge in [-0.1, -0.05) is 39.2 Å². The van der Waals surface area contributed by atoms with E-state index in [2.05, 4.69) is 41.7 Å². The highest BCUT2D eigenvalue weighted by Crippen LogP contribution is 2.17. The standard InChI is InChI=1S/C16H21N3O2S/c1-6-13(12(3)4)8-9-14(7-2)22(20)19-15-10-16(21-5)18-11-17-15/h6-12H,1-2H2,3-5H3,(H,17,18,19)/b13-8+,14-9+. The van der Waals surface area contributed by atoms with Crippen LogP contribution < -0.4 is 9.46 Å². The van der Waals surface area contributed by atoms with Gasteiger partial charge in [-0.2, -0.15) is 4.72 Å². The number of rotatable bonds is 8. The number of nitrogens with one attached hydrogen (secondary N) is 1. The molecule has 0 saturated heterocycles. The zero-order valence-corrected chi connectivity index (χ0v) is 13.9. The molecule has 0 aliphatic heterocycles. The van der Waals surface area contributed by atoms with E-state index >= 15 is 0 Å². The third kappa shape index (κ3) is 5.38. The molecule has 1 aromatic heterocycles. The van der Waals surface area contributed by atoms with Crippen LogP contribution in [0.1, 0.15) is 13.8 Å². The van der Waals surface area contributed by atoms with E-state index in [1.807, 2.05) is 6.08 Å². The second-order valence-corrected chi connectivity index (χ2v) is 5.83. The fraction of sp³-hybridized carbons (Fsp3) is 0.250. The zero-order chi connectivity index (χ0) is 16.5. The summed E-state index contributed by atoms with van der Waals surface area (Å²) in [6.07, 6.45) is 8.30. The summed E-state index contributed by atoms with van der Waals surface area (Å²) >= 11 is -1.48. The molecule has 0 aliphatic rings. The van der Waals surface area contributed by atoms with Gasteiger partial charge in [-0.15, -0.1) is 0 Å². The van der Waals surface area contributed by atoms with Crippen LogP contribution in [-0.4, -0.2) is 21.6 Å². The highest BCUT2D eigenvalue weighted by atomic mass is 32.2. The molecule has 0 saturated carbocycles. The lowest BCUT2D eigenvalue weighted by atomic mass is 10.0. The Kier molecular flexibility index (Phi) is 7.42. The lowest BCUT2D eigenvalue weighted by Crippen LogP contribution is -2.15. The van der Waals surface area contributed by atoms with Crippen LogP contribution in [0.3, 0.4) is 0 Å². The predicted octanol–water partition coefficient (Wildman–Crippen LogP) is 3.40. The van der Waals surface area contributed by atoms with Crippen LogP contribution in [0.4, 0.5) is 5.82 Å². The van der Waals surface area contributed by atoms with E-state index in [1.165, 1.54) is 13.4 Å². The summed E-state index contributed by atoms with van der Waals surface area (Å²) in [5.74, 6) is 1.15. The number of hydrogen-bond donors (Lipinski definition) is 1. The highest BCUT2D eigenvalue weighted by Gasteiger charge is 2.13. The Morgan fingerprint density at radius 3 is 2.59 bits per heavy atom. The lowest BCUT2D eigenvalue weighted by molar-refractivity contribution is 0.397. The second-order valence-electron chi connectivity index (χ2n) is 4.62. The lowest BCUT2D eigenvalue weighted by Gasteiger charge is -2.11. The third-order valence-electron chi connectivity index (χ3n) is 2.81. The van der Waals surface area contributed by atoms with E-state index in [0.29, 0.717) is 22.5 Å². The Balaban J connectivity index is 2.90. The van der Waals surface area contributed by atoms with Gasteiger partial charge >= 0.3 is 0 Å². The van der Waals surface area contributed by atoms with Crippen LogP contribution in [0.15, 0.2) is 60.3 Å². The summed E-state index contributed by atoms with van der Waals surface area (Å²) in [5, 5.41) is 0. The van der Waals surface area contributed by atoms with Gasteiger partial charge in [0.1, 0.15) is 17.7 Å². The maximum atomic E-state index is 12.3. The number of methoxy groups -OCH3 is 1. The summed E-state index contributed by atoms with van der Waals surface area (Å²) in [6, 6.07) is 1.57. The number of nitrogens with zero attached hydrogens (tertiary/aromatic N) is 2. The van der Waals surface area contributed by atoms with Gasteiger partial charge in [0.2, 0.25) is 5.88 Å². The number of anilines is 1. The maximum Gasteiger partial charge on any atom is 0.218 e. The van der Waals surface area contributed by atoms with Crippen molar-refractivity contribution in [3.05, 3.63) is 60.3 Å². The summed E-state index contributed by atoms with van der Waals surface area (Å²) in [6.45, 7) is 11.6. The smallest absolute Gasteiger partial charge is 0.218 e. The average molecular weight is 319 g/mol. The molecule has 5 nitrogen and oxygen atoms in total. The van der Waals surface area contributed by atoms with Gasteiger partial charge in [-0.3, -0.25) is 0 Å². The Labute approximate surface area is 134 Å². The van der Waals surface area contributed by atoms with Crippen molar-refractivity contribution in [2.45, 2.75) is 13.8 Å². The SMILES string of the molecule is C=C/C(=C\C=C(/C=C)[S+]([O-])Nc1cc(OC)ncn1)C(C)C. The van der Waals surface area contributed by atoms with Crippen molar-refractivity contribution in [2.24, 2.45) is 5.92 Å². The third-order valence-corrected chi connectivity index (χ3v) is 3.93. The van der Waals surface area contributed by atoms with Gasteiger partial charge in [0.05, 0.1) is 7.11 Å². The highest BCUT2D eigenvalue weighted by molar-refractivity contribution is 7.96. The summed E-state index contributed by atoms with van der Waals surface area (Å²) in [7, 11) is 1.51. The van der Waals surface area contributed by atoms with Gasteiger partial charge in [-0.25, -0.2) is 9.97 Å². The van der Waals surface area contributed by atoms with Gasteiger partial charge in [-0.05, 0) is 23.6 Å². The number of hydrogen-bond acceptors (Lipinski definition) is 5. The van der Waals surface area contributed by atoms with Gasteiger partial charge in [0, 0.05) is 6.07 Å². The van der Waals surface area contributed by atoms with Gasteiger partial charge in [0.15, 0.2) is 10.7 Å². The van der Waals surface area contributed by atoms with Crippen LogP contribution >= 0.6 is 0 Å². The Bertz CT molecular complexity index is 583. The Morgan fingerprint density at radius 1 is 1.32 bits per heavy atom. The van der Waals surface area contributed by atoms with Gasteiger partial charge < -0.3 is 9.29 Å². The minimum atomic E-state index is -1.48. The molecule has 0 radical (unpaired) electrons. The summed E-state index contributed by atoms with van der Waals surface area (Å²) in [4.78, 5) is 8.43. The van der Waals surface area contributed by atoms with E-state index in [4.69, 9.17) is 4.74 Å². The van der Waals surface area contributed by atoms with E-state index < -0.39 is 11.4 Å². The van der Waals surface area contributed by atoms with E-state index in [1.54, 1.807) is 24.3 Å². The first-order valence-corrected chi connectivity index (χ1v) is 7.88. The Hall–Kier alpha value is -2.05. The Morgan fingerprint density at radius 2 is 2.05 bits per heavy atom. The molecule has 22 heavy (non-hydrogen) atoms. The van der Waals surface area contributed by atoms with Crippen molar-refractivity contribution in [1.82, 2.24) is 9.97 Å². The van der Waals surface area contributed by atoms with Crippen molar-refractivity contribution in [3.63, 3.8) is 0 Å². The maximum absolute atomic E-state index is 12.3. The first kappa shape index (κ1) is 18.0. The number of allylic oxidation sites excluding steroid dienone is 5. The van der Waals surface area contributed by atoms with Crippen LogP contribution in [0.2, 0.25) is 0 Å². The fourth-order valence-electron chi connectivity index (χ4n) is 1.54. The molecule has 1 aromatic rings. The fourth-order valence-corrected chi connectivity index (χ4v) is 2.30. The molecule has 1 rings (SSSR count). The van der Waals surface area contributed by atoms with E-state index in [-0.39, 0.29) is 0 Å². The average Bonchev–Trinajstić information content (AvgIpc) is 2.51. The summed E-state index contributed by atoms with van der Waals surface area (Å²) < 4.78 is 20.1. The first-order valence-electron chi connectivity index (χ1n) is 6.73. The molecule has 0 spiro atoms. The topological polar surface area (TPSA) is 70.1 Å². The molecule has 6 heteroatoms. The molecule has 0 bridgehead atoms. The minimum absolute atomic E-state index is 0.340. The number of aromatic nitrogens is 2. The largest absolute Gasteiger partial charge is 0.588 e. The van der Waals surface area contributed by atoms with Crippen LogP contribution in [0, 0.1) is 5.92 Å². The number of ether oxygens (including phenoxy) is 1. The van der Waals surface area contributed by atoms with Crippen molar-refractivity contribution < 1.29 is 9.29 Å². The molecule has 1 atom stereocenters. The predicted molar refractivity (Wildman–Crippen MR) is 91.7 cm³/mol. The first-order chi connectivity index (χ1) is 10.5. The molecule has 118 valence electrons. The van der Waals surface area contributed by atoms with Crippen LogP contribution in [-0.2, 0) is 11.4 Å². The normalized spacial score (nSPS) is 13.7. The molecule has 0 fully saturated rings. The second kappa shape index (κ2) is 9.07. The molecule has 0 aliphatic carbocycles. The molecule has 0 aromatic carbocycles. The van der Waals surface area contributed by atoms with Gasteiger partial charge in [0.25, 0.3) is 0 Å². The monoisotopic (exact) mass is 319 g/mol. The van der Waals surface area contributed by atoms with Crippen LogP contribution in [0.5, 0.6) is 5.88 Å². The van der Waals surface area contributed by atoms with Crippen molar-refractivity contribution in [2.75, 3.05) is 11.8 Å². The minimum Gasteiger partial charge on any atom is -0.588 e. The quantitative estimate of drug-likeness (QED) is 0.587. The van der Waals surface area contributed by atoms with E-state index in [9.17, 15) is 4.55 Å². The van der Waals surface area contributed by atoms with Crippen molar-refractivity contribution >= 4 is 17.2 Å². The zero-order valence-electron chi connectivity index (χ0n) is 13.1. The van der Waals surface area contributed by atoms with Crippen molar-refractivity contribution in [1.29, 1.82) is 0 Å². The summed E-state index contributed by atoms with van der Waals surface area (Å²) in [5.41, 5.74) is 1.06. The molecular formula is C16H21N3O2S. The van der Waals surface area contributed by atoms with Crippen molar-refractivity contribution in [3.8, 4) is 5.88 Å². The molecular weight excluding hydrogens is 298 g/mol. The molecule has 1 N–H and O–H groups in total. The molecule has 0 amide bonds. The molecule has 1 heterocycles. The van der Waals surface area contributed by atoms with Crippen LogP contribution in [0.25, 0.3) is 0 Å². The molecule has 1 unspecified atom stereocenters. The van der Waals surface area contributed by atoms with E-state index in [0.717, 1.165) is 5.57 Å².